The van der Waals surface area contributed by atoms with Crippen molar-refractivity contribution in [3.05, 3.63) is 11.3 Å². The molecule has 0 unspecified atom stereocenters. The summed E-state index contributed by atoms with van der Waals surface area (Å²) in [5.41, 5.74) is 5.65. The Kier molecular flexibility index (Phi) is 4.76. The van der Waals surface area contributed by atoms with Gasteiger partial charge in [-0.3, -0.25) is 0 Å². The molecule has 0 amide bonds. The Hall–Kier alpha value is -1.07. The lowest BCUT2D eigenvalue weighted by Gasteiger charge is -2.28. The van der Waals surface area contributed by atoms with Crippen LogP contribution in [0.4, 0.5) is 11.6 Å². The lowest BCUT2D eigenvalue weighted by molar-refractivity contribution is 0.203. The third-order valence-electron chi connectivity index (χ3n) is 2.23. The van der Waals surface area contributed by atoms with Crippen LogP contribution in [-0.2, 0) is 4.74 Å². The maximum absolute atomic E-state index is 6.08. The molecule has 1 rings (SSSR count). The molecule has 0 spiro atoms. The molecule has 0 atom stereocenters. The van der Waals surface area contributed by atoms with Gasteiger partial charge in [0.1, 0.15) is 17.2 Å². The van der Waals surface area contributed by atoms with Gasteiger partial charge in [0.2, 0.25) is 0 Å². The molecular formula is C10H17ClN4O. The molecule has 5 nitrogen and oxygen atoms in total. The van der Waals surface area contributed by atoms with E-state index in [2.05, 4.69) is 23.8 Å². The standard InChI is InChI=1S/C10H17ClN4O/c1-7(2)15(4-5-16-3)10-8(11)9(12)13-6-14-10/h6-7H,4-5H2,1-3H3,(H2,12,13,14). The largest absolute Gasteiger partial charge is 0.383 e. The lowest BCUT2D eigenvalue weighted by atomic mass is 10.3. The minimum absolute atomic E-state index is 0.266. The average molecular weight is 245 g/mol. The van der Waals surface area contributed by atoms with Gasteiger partial charge >= 0.3 is 0 Å². The quantitative estimate of drug-likeness (QED) is 0.852. The van der Waals surface area contributed by atoms with Gasteiger partial charge in [-0.05, 0) is 13.8 Å². The van der Waals surface area contributed by atoms with Crippen LogP contribution in [0.1, 0.15) is 13.8 Å². The number of hydrogen-bond donors (Lipinski definition) is 1. The van der Waals surface area contributed by atoms with Gasteiger partial charge in [0.25, 0.3) is 0 Å². The number of nitrogen functional groups attached to an aromatic ring is 1. The summed E-state index contributed by atoms with van der Waals surface area (Å²) in [6, 6.07) is 0.266. The Balaban J connectivity index is 2.96. The number of aromatic nitrogens is 2. The highest BCUT2D eigenvalue weighted by molar-refractivity contribution is 6.35. The van der Waals surface area contributed by atoms with E-state index < -0.39 is 0 Å². The van der Waals surface area contributed by atoms with Crippen LogP contribution >= 0.6 is 11.6 Å². The van der Waals surface area contributed by atoms with E-state index in [-0.39, 0.29) is 6.04 Å². The number of anilines is 2. The summed E-state index contributed by atoms with van der Waals surface area (Å²) in [6.07, 6.45) is 1.42. The summed E-state index contributed by atoms with van der Waals surface area (Å²) >= 11 is 6.08. The average Bonchev–Trinajstić information content (AvgIpc) is 2.24. The first-order chi connectivity index (χ1) is 7.57. The zero-order chi connectivity index (χ0) is 12.1. The molecule has 2 N–H and O–H groups in total. The fraction of sp³-hybridized carbons (Fsp3) is 0.600. The van der Waals surface area contributed by atoms with Crippen LogP contribution in [0.2, 0.25) is 5.02 Å². The molecule has 1 aromatic rings. The van der Waals surface area contributed by atoms with Crippen LogP contribution in [0.15, 0.2) is 6.33 Å². The van der Waals surface area contributed by atoms with Gasteiger partial charge < -0.3 is 15.4 Å². The first-order valence-corrected chi connectivity index (χ1v) is 5.47. The number of halogens is 1. The minimum atomic E-state index is 0.266. The maximum atomic E-state index is 6.08. The molecule has 0 aliphatic rings. The second kappa shape index (κ2) is 5.86. The van der Waals surface area contributed by atoms with Gasteiger partial charge in [0.15, 0.2) is 5.82 Å². The third-order valence-corrected chi connectivity index (χ3v) is 2.59. The van der Waals surface area contributed by atoms with Crippen molar-refractivity contribution >= 4 is 23.2 Å². The van der Waals surface area contributed by atoms with E-state index in [9.17, 15) is 0 Å². The fourth-order valence-corrected chi connectivity index (χ4v) is 1.58. The molecule has 0 saturated heterocycles. The van der Waals surface area contributed by atoms with Crippen LogP contribution in [0, 0.1) is 0 Å². The summed E-state index contributed by atoms with van der Waals surface area (Å²) in [5, 5.41) is 0.396. The topological polar surface area (TPSA) is 64.3 Å². The molecule has 1 heterocycles. The predicted molar refractivity (Wildman–Crippen MR) is 65.8 cm³/mol. The molecule has 0 bridgehead atoms. The van der Waals surface area contributed by atoms with E-state index in [1.165, 1.54) is 6.33 Å². The van der Waals surface area contributed by atoms with Gasteiger partial charge in [0.05, 0.1) is 6.61 Å². The summed E-state index contributed by atoms with van der Waals surface area (Å²) < 4.78 is 5.05. The number of nitrogens with two attached hydrogens (primary N) is 1. The number of methoxy groups -OCH3 is 1. The van der Waals surface area contributed by atoms with Crippen molar-refractivity contribution in [1.82, 2.24) is 9.97 Å². The predicted octanol–water partition coefficient (Wildman–Crippen LogP) is 1.57. The second-order valence-corrected chi connectivity index (χ2v) is 4.05. The van der Waals surface area contributed by atoms with Crippen LogP contribution in [-0.4, -0.2) is 36.3 Å². The van der Waals surface area contributed by atoms with E-state index in [0.29, 0.717) is 29.8 Å². The van der Waals surface area contributed by atoms with E-state index in [0.717, 1.165) is 0 Å². The molecule has 1 aromatic heterocycles. The highest BCUT2D eigenvalue weighted by Crippen LogP contribution is 2.27. The number of hydrogen-bond acceptors (Lipinski definition) is 5. The minimum Gasteiger partial charge on any atom is -0.383 e. The molecule has 0 aliphatic carbocycles. The lowest BCUT2D eigenvalue weighted by Crippen LogP contribution is -2.34. The summed E-state index contributed by atoms with van der Waals surface area (Å²) in [7, 11) is 1.66. The summed E-state index contributed by atoms with van der Waals surface area (Å²) in [6.45, 7) is 5.44. The molecule has 0 fully saturated rings. The Bertz CT molecular complexity index is 346. The Morgan fingerprint density at radius 1 is 1.50 bits per heavy atom. The first kappa shape index (κ1) is 13.0. The highest BCUT2D eigenvalue weighted by Gasteiger charge is 2.16. The van der Waals surface area contributed by atoms with Gasteiger partial charge in [-0.15, -0.1) is 0 Å². The van der Waals surface area contributed by atoms with Gasteiger partial charge in [-0.2, -0.15) is 0 Å². The van der Waals surface area contributed by atoms with Crippen molar-refractivity contribution in [2.24, 2.45) is 0 Å². The Labute approximate surface area is 101 Å². The number of ether oxygens (including phenoxy) is 1. The van der Waals surface area contributed by atoms with Crippen LogP contribution in [0.25, 0.3) is 0 Å². The maximum Gasteiger partial charge on any atom is 0.153 e. The Morgan fingerprint density at radius 3 is 2.75 bits per heavy atom. The highest BCUT2D eigenvalue weighted by atomic mass is 35.5. The van der Waals surface area contributed by atoms with E-state index in [4.69, 9.17) is 22.1 Å². The van der Waals surface area contributed by atoms with Gasteiger partial charge in [0, 0.05) is 19.7 Å². The van der Waals surface area contributed by atoms with E-state index >= 15 is 0 Å². The Morgan fingerprint density at radius 2 is 2.19 bits per heavy atom. The molecular weight excluding hydrogens is 228 g/mol. The van der Waals surface area contributed by atoms with Crippen molar-refractivity contribution in [1.29, 1.82) is 0 Å². The zero-order valence-corrected chi connectivity index (χ0v) is 10.5. The zero-order valence-electron chi connectivity index (χ0n) is 9.77. The molecule has 90 valence electrons. The van der Waals surface area contributed by atoms with Crippen LogP contribution < -0.4 is 10.6 Å². The van der Waals surface area contributed by atoms with Crippen molar-refractivity contribution in [2.75, 3.05) is 30.9 Å². The number of rotatable bonds is 5. The van der Waals surface area contributed by atoms with Crippen molar-refractivity contribution in [3.63, 3.8) is 0 Å². The molecule has 0 aromatic carbocycles. The molecule has 0 saturated carbocycles. The van der Waals surface area contributed by atoms with E-state index in [1.807, 2.05) is 4.90 Å². The molecule has 16 heavy (non-hydrogen) atoms. The van der Waals surface area contributed by atoms with Gasteiger partial charge in [-0.25, -0.2) is 9.97 Å². The fourth-order valence-electron chi connectivity index (χ4n) is 1.37. The summed E-state index contributed by atoms with van der Waals surface area (Å²) in [4.78, 5) is 10.0. The normalized spacial score (nSPS) is 10.8. The van der Waals surface area contributed by atoms with E-state index in [1.54, 1.807) is 7.11 Å². The molecule has 6 heteroatoms. The first-order valence-electron chi connectivity index (χ1n) is 5.09. The van der Waals surface area contributed by atoms with Crippen molar-refractivity contribution in [2.45, 2.75) is 19.9 Å². The van der Waals surface area contributed by atoms with Crippen molar-refractivity contribution < 1.29 is 4.74 Å². The molecule has 0 aliphatic heterocycles. The van der Waals surface area contributed by atoms with Crippen LogP contribution in [0.3, 0.4) is 0 Å². The molecule has 0 radical (unpaired) electrons. The van der Waals surface area contributed by atoms with Crippen LogP contribution in [0.5, 0.6) is 0 Å². The smallest absolute Gasteiger partial charge is 0.153 e. The number of nitrogens with zero attached hydrogens (tertiary/aromatic N) is 3. The third kappa shape index (κ3) is 2.96. The SMILES string of the molecule is COCCN(c1ncnc(N)c1Cl)C(C)C. The second-order valence-electron chi connectivity index (χ2n) is 3.68. The van der Waals surface area contributed by atoms with Crippen molar-refractivity contribution in [3.8, 4) is 0 Å². The summed E-state index contributed by atoms with van der Waals surface area (Å²) in [5.74, 6) is 0.955. The van der Waals surface area contributed by atoms with Gasteiger partial charge in [-0.1, -0.05) is 11.6 Å². The monoisotopic (exact) mass is 244 g/mol.